The van der Waals surface area contributed by atoms with Gasteiger partial charge in [-0.1, -0.05) is 15.9 Å². The summed E-state index contributed by atoms with van der Waals surface area (Å²) in [6.07, 6.45) is 0. The van der Waals surface area contributed by atoms with Crippen LogP contribution >= 0.6 is 15.9 Å². The van der Waals surface area contributed by atoms with E-state index in [0.717, 1.165) is 13.1 Å². The molecule has 1 aromatic carbocycles. The van der Waals surface area contributed by atoms with E-state index >= 15 is 0 Å². The molecule has 0 aliphatic carbocycles. The minimum absolute atomic E-state index is 0.109. The molecule has 1 aromatic rings. The van der Waals surface area contributed by atoms with Crippen molar-refractivity contribution in [3.8, 4) is 0 Å². The number of benzene rings is 1. The third kappa shape index (κ3) is 3.38. The van der Waals surface area contributed by atoms with E-state index in [0.29, 0.717) is 17.6 Å². The van der Waals surface area contributed by atoms with Gasteiger partial charge in [0.05, 0.1) is 5.56 Å². The molecule has 110 valence electrons. The Labute approximate surface area is 127 Å². The van der Waals surface area contributed by atoms with E-state index in [-0.39, 0.29) is 17.0 Å². The highest BCUT2D eigenvalue weighted by Crippen LogP contribution is 2.20. The number of piperazine rings is 1. The molecule has 1 amide bonds. The lowest BCUT2D eigenvalue weighted by Gasteiger charge is -2.42. The molecule has 1 aliphatic rings. The summed E-state index contributed by atoms with van der Waals surface area (Å²) in [7, 11) is 0. The summed E-state index contributed by atoms with van der Waals surface area (Å²) in [5, 5.41) is 0. The average molecular weight is 343 g/mol. The molecule has 0 N–H and O–H groups in total. The maximum Gasteiger partial charge on any atom is 0.256 e. The van der Waals surface area contributed by atoms with Crippen LogP contribution in [-0.4, -0.2) is 47.4 Å². The Kier molecular flexibility index (Phi) is 4.49. The van der Waals surface area contributed by atoms with Crippen LogP contribution in [0.4, 0.5) is 4.39 Å². The van der Waals surface area contributed by atoms with Crippen molar-refractivity contribution < 1.29 is 9.18 Å². The van der Waals surface area contributed by atoms with Crippen molar-refractivity contribution in [3.63, 3.8) is 0 Å². The number of nitrogens with zero attached hydrogens (tertiary/aromatic N) is 2. The summed E-state index contributed by atoms with van der Waals surface area (Å²) < 4.78 is 14.5. The van der Waals surface area contributed by atoms with E-state index in [2.05, 4.69) is 41.6 Å². The van der Waals surface area contributed by atoms with Crippen molar-refractivity contribution in [2.45, 2.75) is 26.3 Å². The maximum atomic E-state index is 13.8. The Hall–Kier alpha value is -0.940. The molecule has 0 radical (unpaired) electrons. The minimum Gasteiger partial charge on any atom is -0.336 e. The zero-order valence-electron chi connectivity index (χ0n) is 12.1. The highest BCUT2D eigenvalue weighted by atomic mass is 79.9. The lowest BCUT2D eigenvalue weighted by molar-refractivity contribution is 0.0447. The molecule has 1 aliphatic heterocycles. The van der Waals surface area contributed by atoms with E-state index in [4.69, 9.17) is 0 Å². The van der Waals surface area contributed by atoms with E-state index in [9.17, 15) is 9.18 Å². The molecule has 5 heteroatoms. The summed E-state index contributed by atoms with van der Waals surface area (Å²) in [6.45, 7) is 9.44. The van der Waals surface area contributed by atoms with Crippen LogP contribution in [0.3, 0.4) is 0 Å². The van der Waals surface area contributed by atoms with Gasteiger partial charge in [-0.3, -0.25) is 9.69 Å². The van der Waals surface area contributed by atoms with Crippen molar-refractivity contribution >= 4 is 21.8 Å². The highest BCUT2D eigenvalue weighted by molar-refractivity contribution is 9.10. The SMILES string of the molecule is CC(C)(C)N1CCN(C(=O)c2ccc(Br)cc2F)CC1. The Morgan fingerprint density at radius 3 is 2.30 bits per heavy atom. The maximum absolute atomic E-state index is 13.8. The number of halogens is 2. The van der Waals surface area contributed by atoms with Crippen LogP contribution in [0.5, 0.6) is 0 Å². The summed E-state index contributed by atoms with van der Waals surface area (Å²) in [6, 6.07) is 4.57. The van der Waals surface area contributed by atoms with Crippen LogP contribution in [0.25, 0.3) is 0 Å². The molecule has 0 saturated carbocycles. The largest absolute Gasteiger partial charge is 0.336 e. The molecule has 1 heterocycles. The first-order valence-electron chi connectivity index (χ1n) is 6.78. The fraction of sp³-hybridized carbons (Fsp3) is 0.533. The van der Waals surface area contributed by atoms with Crippen LogP contribution in [0.15, 0.2) is 22.7 Å². The first kappa shape index (κ1) is 15.4. The van der Waals surface area contributed by atoms with E-state index in [1.54, 1.807) is 11.0 Å². The first-order valence-corrected chi connectivity index (χ1v) is 7.58. The van der Waals surface area contributed by atoms with Gasteiger partial charge in [0, 0.05) is 36.2 Å². The van der Waals surface area contributed by atoms with Gasteiger partial charge in [0.15, 0.2) is 0 Å². The quantitative estimate of drug-likeness (QED) is 0.782. The minimum atomic E-state index is -0.470. The number of carbonyl (C=O) groups is 1. The van der Waals surface area contributed by atoms with Gasteiger partial charge in [-0.2, -0.15) is 0 Å². The topological polar surface area (TPSA) is 23.6 Å². The van der Waals surface area contributed by atoms with Crippen LogP contribution in [0.1, 0.15) is 31.1 Å². The second kappa shape index (κ2) is 5.82. The molecule has 0 atom stereocenters. The van der Waals surface area contributed by atoms with Crippen molar-refractivity contribution in [2.75, 3.05) is 26.2 Å². The number of amides is 1. The Morgan fingerprint density at radius 1 is 1.20 bits per heavy atom. The van der Waals surface area contributed by atoms with Crippen LogP contribution in [0.2, 0.25) is 0 Å². The molecule has 3 nitrogen and oxygen atoms in total. The molecule has 1 fully saturated rings. The summed E-state index contributed by atoms with van der Waals surface area (Å²) in [5.41, 5.74) is 0.260. The lowest BCUT2D eigenvalue weighted by atomic mass is 10.0. The summed E-state index contributed by atoms with van der Waals surface area (Å²) in [4.78, 5) is 16.4. The fourth-order valence-corrected chi connectivity index (χ4v) is 2.75. The van der Waals surface area contributed by atoms with Crippen molar-refractivity contribution in [1.82, 2.24) is 9.80 Å². The third-order valence-corrected chi connectivity index (χ3v) is 4.17. The molecular weight excluding hydrogens is 323 g/mol. The van der Waals surface area contributed by atoms with Crippen molar-refractivity contribution in [3.05, 3.63) is 34.1 Å². The van der Waals surface area contributed by atoms with Crippen LogP contribution in [-0.2, 0) is 0 Å². The molecule has 2 rings (SSSR count). The third-order valence-electron chi connectivity index (χ3n) is 3.68. The molecule has 0 spiro atoms. The van der Waals surface area contributed by atoms with Gasteiger partial charge >= 0.3 is 0 Å². The molecule has 0 unspecified atom stereocenters. The van der Waals surface area contributed by atoms with Crippen LogP contribution in [0, 0.1) is 5.82 Å². The lowest BCUT2D eigenvalue weighted by Crippen LogP contribution is -2.54. The van der Waals surface area contributed by atoms with Crippen molar-refractivity contribution in [2.24, 2.45) is 0 Å². The Bertz CT molecular complexity index is 505. The number of carbonyl (C=O) groups excluding carboxylic acids is 1. The smallest absolute Gasteiger partial charge is 0.256 e. The second-order valence-electron chi connectivity index (χ2n) is 6.07. The van der Waals surface area contributed by atoms with E-state index < -0.39 is 5.82 Å². The Balaban J connectivity index is 2.05. The highest BCUT2D eigenvalue weighted by Gasteiger charge is 2.29. The summed E-state index contributed by atoms with van der Waals surface area (Å²) in [5.74, 6) is -0.689. The fourth-order valence-electron chi connectivity index (χ4n) is 2.41. The standard InChI is InChI=1S/C15H20BrFN2O/c1-15(2,3)19-8-6-18(7-9-19)14(20)12-5-4-11(16)10-13(12)17/h4-5,10H,6-9H2,1-3H3. The molecule has 0 bridgehead atoms. The Morgan fingerprint density at radius 2 is 1.80 bits per heavy atom. The van der Waals surface area contributed by atoms with Gasteiger partial charge in [0.25, 0.3) is 5.91 Å². The first-order chi connectivity index (χ1) is 9.29. The zero-order chi connectivity index (χ0) is 14.9. The van der Waals surface area contributed by atoms with Gasteiger partial charge in [-0.25, -0.2) is 4.39 Å². The monoisotopic (exact) mass is 342 g/mol. The average Bonchev–Trinajstić information content (AvgIpc) is 2.37. The van der Waals surface area contributed by atoms with E-state index in [1.165, 1.54) is 12.1 Å². The van der Waals surface area contributed by atoms with Crippen LogP contribution < -0.4 is 0 Å². The van der Waals surface area contributed by atoms with Gasteiger partial charge in [0.2, 0.25) is 0 Å². The summed E-state index contributed by atoms with van der Waals surface area (Å²) >= 11 is 3.20. The second-order valence-corrected chi connectivity index (χ2v) is 6.99. The number of hydrogen-bond donors (Lipinski definition) is 0. The van der Waals surface area contributed by atoms with Gasteiger partial charge in [-0.15, -0.1) is 0 Å². The van der Waals surface area contributed by atoms with E-state index in [1.807, 2.05) is 0 Å². The van der Waals surface area contributed by atoms with Crippen molar-refractivity contribution in [1.29, 1.82) is 0 Å². The van der Waals surface area contributed by atoms with Gasteiger partial charge < -0.3 is 4.90 Å². The number of hydrogen-bond acceptors (Lipinski definition) is 2. The number of rotatable bonds is 1. The normalized spacial score (nSPS) is 17.4. The van der Waals surface area contributed by atoms with Gasteiger partial charge in [-0.05, 0) is 39.0 Å². The zero-order valence-corrected chi connectivity index (χ0v) is 13.7. The molecule has 1 saturated heterocycles. The predicted molar refractivity (Wildman–Crippen MR) is 81.3 cm³/mol. The molecule has 20 heavy (non-hydrogen) atoms. The molecule has 0 aromatic heterocycles. The predicted octanol–water partition coefficient (Wildman–Crippen LogP) is 3.14. The van der Waals surface area contributed by atoms with Gasteiger partial charge in [0.1, 0.15) is 5.82 Å². The molecular formula is C15H20BrFN2O.